The van der Waals surface area contributed by atoms with Gasteiger partial charge in [-0.15, -0.1) is 11.3 Å². The molecule has 1 amide bonds. The minimum absolute atomic E-state index is 0.0259. The Kier molecular flexibility index (Phi) is 6.03. The van der Waals surface area contributed by atoms with Crippen LogP contribution in [0.1, 0.15) is 59.4 Å². The molecule has 2 aliphatic rings. The molecular weight excluding hydrogens is 543 g/mol. The second-order valence-corrected chi connectivity index (χ2v) is 12.1. The van der Waals surface area contributed by atoms with Crippen LogP contribution in [0.4, 0.5) is 18.2 Å². The quantitative estimate of drug-likeness (QED) is 0.304. The van der Waals surface area contributed by atoms with Gasteiger partial charge in [0.2, 0.25) is 6.79 Å². The molecule has 12 heteroatoms. The van der Waals surface area contributed by atoms with Gasteiger partial charge in [0.05, 0.1) is 11.3 Å². The van der Waals surface area contributed by atoms with Gasteiger partial charge in [0.15, 0.2) is 28.5 Å². The van der Waals surface area contributed by atoms with Crippen LogP contribution in [0.5, 0.6) is 11.5 Å². The Hall–Kier alpha value is -4.11. The van der Waals surface area contributed by atoms with Gasteiger partial charge in [-0.1, -0.05) is 20.8 Å². The maximum absolute atomic E-state index is 14.1. The summed E-state index contributed by atoms with van der Waals surface area (Å²) in [6.45, 7) is 6.59. The molecule has 0 spiro atoms. The summed E-state index contributed by atoms with van der Waals surface area (Å²) in [6, 6.07) is 9.03. The highest BCUT2D eigenvalue weighted by molar-refractivity contribution is 7.16. The number of nitrogens with zero attached hydrogens (tertiary/aromatic N) is 4. The first-order valence-corrected chi connectivity index (χ1v) is 13.5. The van der Waals surface area contributed by atoms with Crippen molar-refractivity contribution in [3.05, 3.63) is 57.7 Å². The Balaban J connectivity index is 1.35. The Labute approximate surface area is 231 Å². The molecule has 8 nitrogen and oxygen atoms in total. The number of nitriles is 1. The Morgan fingerprint density at radius 2 is 1.95 bits per heavy atom. The minimum Gasteiger partial charge on any atom is -0.454 e. The van der Waals surface area contributed by atoms with E-state index < -0.39 is 17.8 Å². The Bertz CT molecular complexity index is 1710. The molecule has 4 heterocycles. The number of alkyl halides is 3. The predicted molar refractivity (Wildman–Crippen MR) is 142 cm³/mol. The van der Waals surface area contributed by atoms with Crippen LogP contribution in [0.3, 0.4) is 0 Å². The fraction of sp³-hybridized carbons (Fsp3) is 0.357. The summed E-state index contributed by atoms with van der Waals surface area (Å²) in [5, 5.41) is 16.9. The van der Waals surface area contributed by atoms with Crippen molar-refractivity contribution in [1.82, 2.24) is 14.6 Å². The second kappa shape index (κ2) is 9.23. The zero-order valence-corrected chi connectivity index (χ0v) is 22.7. The summed E-state index contributed by atoms with van der Waals surface area (Å²) in [7, 11) is 0. The minimum atomic E-state index is -4.77. The van der Waals surface area contributed by atoms with Crippen LogP contribution in [-0.4, -0.2) is 27.3 Å². The average Bonchev–Trinajstić information content (AvgIpc) is 3.61. The molecule has 0 bridgehead atoms. The number of hydrogen-bond acceptors (Lipinski definition) is 7. The number of amides is 1. The van der Waals surface area contributed by atoms with Crippen molar-refractivity contribution in [2.45, 2.75) is 46.2 Å². The van der Waals surface area contributed by atoms with Crippen molar-refractivity contribution >= 4 is 27.9 Å². The first-order valence-electron chi connectivity index (χ1n) is 12.7. The lowest BCUT2D eigenvalue weighted by atomic mass is 9.72. The van der Waals surface area contributed by atoms with E-state index >= 15 is 0 Å². The summed E-state index contributed by atoms with van der Waals surface area (Å²) in [6.07, 6.45) is -2.28. The van der Waals surface area contributed by atoms with E-state index in [0.717, 1.165) is 35.8 Å². The summed E-state index contributed by atoms with van der Waals surface area (Å²) >= 11 is 1.35. The number of carbonyl (C=O) groups excluding carboxylic acids is 1. The number of aromatic nitrogens is 3. The predicted octanol–water partition coefficient (Wildman–Crippen LogP) is 6.48. The molecule has 1 N–H and O–H groups in total. The highest BCUT2D eigenvalue weighted by Gasteiger charge is 2.36. The number of carbonyl (C=O) groups is 1. The topological polar surface area (TPSA) is 102 Å². The van der Waals surface area contributed by atoms with Crippen LogP contribution in [-0.2, 0) is 19.0 Å². The summed E-state index contributed by atoms with van der Waals surface area (Å²) in [5.74, 6) is 0.621. The molecule has 1 aliphatic heterocycles. The third-order valence-electron chi connectivity index (χ3n) is 7.45. The van der Waals surface area contributed by atoms with Crippen LogP contribution in [0.15, 0.2) is 30.3 Å². The van der Waals surface area contributed by atoms with Gasteiger partial charge in [0.25, 0.3) is 5.91 Å². The van der Waals surface area contributed by atoms with Crippen LogP contribution in [0.2, 0.25) is 0 Å². The smallest absolute Gasteiger partial charge is 0.433 e. The van der Waals surface area contributed by atoms with Gasteiger partial charge < -0.3 is 14.8 Å². The van der Waals surface area contributed by atoms with E-state index in [1.54, 1.807) is 18.2 Å². The standard InChI is InChI=1S/C28H24F3N5O3S/c1-27(2,3)15-5-6-16-17(12-32)26(40-22(16)9-15)34-25(37)19-11-24-33-18(10-23(28(29,30)31)36(24)35-19)14-4-7-20-21(8-14)39-13-38-20/h4,7-8,10-11,15H,5-6,9,13H2,1-3H3,(H,34,37)/t15-/m0/s1. The normalized spacial score (nSPS) is 16.6. The molecule has 3 aromatic heterocycles. The molecule has 6 rings (SSSR count). The van der Waals surface area contributed by atoms with Crippen molar-refractivity contribution in [3.63, 3.8) is 0 Å². The van der Waals surface area contributed by atoms with E-state index in [2.05, 4.69) is 42.2 Å². The molecule has 0 fully saturated rings. The Morgan fingerprint density at radius 1 is 1.18 bits per heavy atom. The van der Waals surface area contributed by atoms with Crippen molar-refractivity contribution < 1.29 is 27.4 Å². The molecule has 206 valence electrons. The van der Waals surface area contributed by atoms with E-state index in [1.165, 1.54) is 17.4 Å². The van der Waals surface area contributed by atoms with Gasteiger partial charge in [0.1, 0.15) is 11.1 Å². The van der Waals surface area contributed by atoms with Gasteiger partial charge >= 0.3 is 6.18 Å². The first kappa shape index (κ1) is 26.1. The van der Waals surface area contributed by atoms with Crippen LogP contribution >= 0.6 is 11.3 Å². The number of halogens is 3. The zero-order chi connectivity index (χ0) is 28.4. The number of thiophene rings is 1. The highest BCUT2D eigenvalue weighted by atomic mass is 32.1. The largest absolute Gasteiger partial charge is 0.454 e. The van der Waals surface area contributed by atoms with Crippen molar-refractivity contribution in [3.8, 4) is 28.8 Å². The number of ether oxygens (including phenoxy) is 2. The number of hydrogen-bond donors (Lipinski definition) is 1. The van der Waals surface area contributed by atoms with E-state index in [1.807, 2.05) is 0 Å². The number of rotatable bonds is 3. The highest BCUT2D eigenvalue weighted by Crippen LogP contribution is 2.44. The number of benzene rings is 1. The van der Waals surface area contributed by atoms with E-state index in [9.17, 15) is 23.2 Å². The summed E-state index contributed by atoms with van der Waals surface area (Å²) in [4.78, 5) is 18.6. The fourth-order valence-corrected chi connectivity index (χ4v) is 6.46. The van der Waals surface area contributed by atoms with E-state index in [4.69, 9.17) is 9.47 Å². The number of fused-ring (bicyclic) bond motifs is 3. The third kappa shape index (κ3) is 4.54. The molecule has 40 heavy (non-hydrogen) atoms. The van der Waals surface area contributed by atoms with Crippen molar-refractivity contribution in [2.24, 2.45) is 11.3 Å². The average molecular weight is 568 g/mol. The molecule has 1 atom stereocenters. The maximum Gasteiger partial charge on any atom is 0.433 e. The summed E-state index contributed by atoms with van der Waals surface area (Å²) in [5.41, 5.74) is 0.405. The molecule has 0 unspecified atom stereocenters. The lowest BCUT2D eigenvalue weighted by Gasteiger charge is -2.33. The number of anilines is 1. The molecule has 0 radical (unpaired) electrons. The maximum atomic E-state index is 14.1. The SMILES string of the molecule is CC(C)(C)[C@H]1CCc2c(sc(NC(=O)c3cc4nc(-c5ccc6c(c5)OCO6)cc(C(F)(F)F)n4n3)c2C#N)C1. The number of nitrogens with one attached hydrogen (secondary N) is 1. The van der Waals surface area contributed by atoms with E-state index in [-0.39, 0.29) is 29.2 Å². The third-order valence-corrected chi connectivity index (χ3v) is 8.62. The van der Waals surface area contributed by atoms with Gasteiger partial charge in [-0.2, -0.15) is 23.5 Å². The zero-order valence-electron chi connectivity index (χ0n) is 21.8. The van der Waals surface area contributed by atoms with Gasteiger partial charge in [-0.25, -0.2) is 9.50 Å². The van der Waals surface area contributed by atoms with Crippen molar-refractivity contribution in [2.75, 3.05) is 12.1 Å². The molecule has 0 saturated carbocycles. The monoisotopic (exact) mass is 567 g/mol. The first-order chi connectivity index (χ1) is 18.9. The van der Waals surface area contributed by atoms with E-state index in [0.29, 0.717) is 38.1 Å². The molecular formula is C28H24F3N5O3S. The molecule has 1 aliphatic carbocycles. The lowest BCUT2D eigenvalue weighted by Crippen LogP contribution is -2.26. The van der Waals surface area contributed by atoms with Gasteiger partial charge in [-0.3, -0.25) is 4.79 Å². The molecule has 0 saturated heterocycles. The Morgan fingerprint density at radius 3 is 2.67 bits per heavy atom. The molecule has 4 aromatic rings. The fourth-order valence-electron chi connectivity index (χ4n) is 5.19. The van der Waals surface area contributed by atoms with Gasteiger partial charge in [0, 0.05) is 16.5 Å². The van der Waals surface area contributed by atoms with Crippen LogP contribution < -0.4 is 14.8 Å². The lowest BCUT2D eigenvalue weighted by molar-refractivity contribution is -0.142. The second-order valence-electron chi connectivity index (χ2n) is 11.0. The summed E-state index contributed by atoms with van der Waals surface area (Å²) < 4.78 is 53.4. The molecule has 1 aromatic carbocycles. The van der Waals surface area contributed by atoms with Crippen LogP contribution in [0, 0.1) is 22.7 Å². The van der Waals surface area contributed by atoms with Gasteiger partial charge in [-0.05, 0) is 60.4 Å². The van der Waals surface area contributed by atoms with Crippen molar-refractivity contribution in [1.29, 1.82) is 5.26 Å². The van der Waals surface area contributed by atoms with Crippen LogP contribution in [0.25, 0.3) is 16.9 Å².